The first-order valence-electron chi connectivity index (χ1n) is 8.13. The molecule has 2 rings (SSSR count). The predicted octanol–water partition coefficient (Wildman–Crippen LogP) is 1.75. The second-order valence-corrected chi connectivity index (χ2v) is 5.68. The van der Waals surface area contributed by atoms with Gasteiger partial charge in [0.2, 0.25) is 0 Å². The average molecular weight is 301 g/mol. The number of pyridine rings is 1. The highest BCUT2D eigenvalue weighted by atomic mass is 15.1. The minimum Gasteiger partial charge on any atom is -0.329 e. The molecule has 1 aliphatic heterocycles. The molecule has 2 heterocycles. The molecular weight excluding hydrogens is 274 g/mol. The van der Waals surface area contributed by atoms with Crippen molar-refractivity contribution in [1.82, 2.24) is 9.88 Å². The molecule has 22 heavy (non-hydrogen) atoms. The van der Waals surface area contributed by atoms with Crippen LogP contribution in [0.25, 0.3) is 0 Å². The molecule has 120 valence electrons. The van der Waals surface area contributed by atoms with Gasteiger partial charge in [-0.2, -0.15) is 0 Å². The number of aliphatic imine (C=N–C) groups is 2. The normalized spacial score (nSPS) is 18.3. The topological polar surface area (TPSA) is 66.9 Å². The van der Waals surface area contributed by atoms with Crippen molar-refractivity contribution >= 4 is 11.4 Å². The first-order valence-corrected chi connectivity index (χ1v) is 8.13. The summed E-state index contributed by atoms with van der Waals surface area (Å²) >= 11 is 0. The number of rotatable bonds is 2. The molecule has 0 atom stereocenters. The lowest BCUT2D eigenvalue weighted by Gasteiger charge is -2.21. The third-order valence-corrected chi connectivity index (χ3v) is 3.90. The van der Waals surface area contributed by atoms with Gasteiger partial charge >= 0.3 is 0 Å². The monoisotopic (exact) mass is 301 g/mol. The van der Waals surface area contributed by atoms with E-state index in [1.54, 1.807) is 0 Å². The van der Waals surface area contributed by atoms with Crippen LogP contribution >= 0.6 is 0 Å². The molecule has 0 fully saturated rings. The number of aromatic nitrogens is 1. The van der Waals surface area contributed by atoms with Crippen LogP contribution in [0.3, 0.4) is 0 Å². The largest absolute Gasteiger partial charge is 0.329 e. The zero-order valence-electron chi connectivity index (χ0n) is 13.8. The third-order valence-electron chi connectivity index (χ3n) is 3.90. The fourth-order valence-corrected chi connectivity index (χ4v) is 2.60. The Bertz CT molecular complexity index is 494. The Kier molecular flexibility index (Phi) is 6.68. The number of fused-ring (bicyclic) bond motifs is 2. The Labute approximate surface area is 133 Å². The fourth-order valence-electron chi connectivity index (χ4n) is 2.60. The SMILES string of the molecule is CC1=NCCCN(CCN)CCCN=C(C)c2cccc1n2. The molecule has 0 radical (unpaired) electrons. The summed E-state index contributed by atoms with van der Waals surface area (Å²) in [6.45, 7) is 9.49. The number of nitrogens with two attached hydrogens (primary N) is 1. The van der Waals surface area contributed by atoms with E-state index in [4.69, 9.17) is 5.73 Å². The van der Waals surface area contributed by atoms with Gasteiger partial charge in [-0.15, -0.1) is 0 Å². The maximum Gasteiger partial charge on any atom is 0.0845 e. The highest BCUT2D eigenvalue weighted by molar-refractivity contribution is 6.00. The maximum absolute atomic E-state index is 5.70. The predicted molar refractivity (Wildman–Crippen MR) is 93.1 cm³/mol. The van der Waals surface area contributed by atoms with Gasteiger partial charge in [0, 0.05) is 26.2 Å². The Morgan fingerprint density at radius 1 is 1.00 bits per heavy atom. The number of nitrogens with zero attached hydrogens (tertiary/aromatic N) is 4. The van der Waals surface area contributed by atoms with Crippen molar-refractivity contribution in [3.63, 3.8) is 0 Å². The molecule has 0 spiro atoms. The molecule has 0 aliphatic carbocycles. The molecule has 0 amide bonds. The van der Waals surface area contributed by atoms with Gasteiger partial charge in [-0.1, -0.05) is 6.07 Å². The Morgan fingerprint density at radius 3 is 2.05 bits per heavy atom. The van der Waals surface area contributed by atoms with E-state index in [0.29, 0.717) is 6.54 Å². The van der Waals surface area contributed by atoms with E-state index in [2.05, 4.69) is 19.9 Å². The number of hydrogen-bond donors (Lipinski definition) is 1. The minimum absolute atomic E-state index is 0.707. The second-order valence-electron chi connectivity index (χ2n) is 5.68. The molecule has 0 saturated carbocycles. The van der Waals surface area contributed by atoms with Crippen molar-refractivity contribution in [2.45, 2.75) is 26.7 Å². The van der Waals surface area contributed by atoms with E-state index in [9.17, 15) is 0 Å². The number of hydrogen-bond acceptors (Lipinski definition) is 5. The van der Waals surface area contributed by atoms with Crippen molar-refractivity contribution in [3.8, 4) is 0 Å². The van der Waals surface area contributed by atoms with Gasteiger partial charge in [-0.3, -0.25) is 9.98 Å². The highest BCUT2D eigenvalue weighted by Gasteiger charge is 2.07. The van der Waals surface area contributed by atoms with Crippen molar-refractivity contribution < 1.29 is 0 Å². The lowest BCUT2D eigenvalue weighted by molar-refractivity contribution is 0.277. The van der Waals surface area contributed by atoms with Gasteiger partial charge in [-0.05, 0) is 51.9 Å². The zero-order chi connectivity index (χ0) is 15.8. The van der Waals surface area contributed by atoms with Crippen LogP contribution < -0.4 is 5.73 Å². The molecular formula is C17H27N5. The summed E-state index contributed by atoms with van der Waals surface area (Å²) in [4.78, 5) is 16.4. The molecule has 0 saturated heterocycles. The van der Waals surface area contributed by atoms with Crippen LogP contribution in [0.5, 0.6) is 0 Å². The van der Waals surface area contributed by atoms with Gasteiger partial charge in [-0.25, -0.2) is 4.98 Å². The Morgan fingerprint density at radius 2 is 1.55 bits per heavy atom. The summed E-state index contributed by atoms with van der Waals surface area (Å²) in [6, 6.07) is 6.06. The highest BCUT2D eigenvalue weighted by Crippen LogP contribution is 2.05. The van der Waals surface area contributed by atoms with Crippen LogP contribution in [0.4, 0.5) is 0 Å². The first-order chi connectivity index (χ1) is 10.7. The van der Waals surface area contributed by atoms with Crippen molar-refractivity contribution in [1.29, 1.82) is 0 Å². The van der Waals surface area contributed by atoms with Gasteiger partial charge in [0.1, 0.15) is 0 Å². The lowest BCUT2D eigenvalue weighted by Crippen LogP contribution is -2.32. The molecule has 1 aromatic heterocycles. The summed E-state index contributed by atoms with van der Waals surface area (Å²) in [6.07, 6.45) is 2.11. The van der Waals surface area contributed by atoms with Crippen LogP contribution in [-0.4, -0.2) is 60.6 Å². The van der Waals surface area contributed by atoms with Crippen molar-refractivity contribution in [3.05, 3.63) is 29.6 Å². The quantitative estimate of drug-likeness (QED) is 0.905. The van der Waals surface area contributed by atoms with Crippen LogP contribution in [0, 0.1) is 0 Å². The standard InChI is InChI=1S/C17H27N5/c1-14-16-6-3-7-17(21-16)15(2)20-10-5-12-22(13-8-18)11-4-9-19-14/h3,6-7H,4-5,8-13,18H2,1-2H3. The molecule has 2 N–H and O–H groups in total. The molecule has 1 aliphatic rings. The van der Waals surface area contributed by atoms with E-state index < -0.39 is 0 Å². The van der Waals surface area contributed by atoms with E-state index in [1.165, 1.54) is 0 Å². The van der Waals surface area contributed by atoms with Crippen LogP contribution in [0.2, 0.25) is 0 Å². The zero-order valence-corrected chi connectivity index (χ0v) is 13.8. The summed E-state index contributed by atoms with van der Waals surface area (Å²) in [5.41, 5.74) is 9.59. The van der Waals surface area contributed by atoms with E-state index in [-0.39, 0.29) is 0 Å². The molecule has 5 nitrogen and oxygen atoms in total. The molecule has 1 aromatic rings. The molecule has 0 aromatic carbocycles. The minimum atomic E-state index is 0.707. The van der Waals surface area contributed by atoms with Crippen LogP contribution in [-0.2, 0) is 0 Å². The van der Waals surface area contributed by atoms with Gasteiger partial charge in [0.05, 0.1) is 22.8 Å². The third kappa shape index (κ3) is 5.00. The summed E-state index contributed by atoms with van der Waals surface area (Å²) in [5, 5.41) is 0. The smallest absolute Gasteiger partial charge is 0.0845 e. The van der Waals surface area contributed by atoms with Gasteiger partial charge < -0.3 is 10.6 Å². The fraction of sp³-hybridized carbons (Fsp3) is 0.588. The second kappa shape index (κ2) is 8.76. The van der Waals surface area contributed by atoms with Gasteiger partial charge in [0.15, 0.2) is 0 Å². The Balaban J connectivity index is 2.18. The van der Waals surface area contributed by atoms with E-state index in [0.717, 1.165) is 68.4 Å². The van der Waals surface area contributed by atoms with Crippen LogP contribution in [0.15, 0.2) is 28.2 Å². The van der Waals surface area contributed by atoms with E-state index in [1.807, 2.05) is 32.0 Å². The summed E-state index contributed by atoms with van der Waals surface area (Å²) in [5.74, 6) is 0. The Hall–Kier alpha value is -1.59. The first kappa shape index (κ1) is 16.8. The molecule has 0 unspecified atom stereocenters. The maximum atomic E-state index is 5.70. The van der Waals surface area contributed by atoms with Crippen molar-refractivity contribution in [2.75, 3.05) is 39.3 Å². The summed E-state index contributed by atoms with van der Waals surface area (Å²) in [7, 11) is 0. The summed E-state index contributed by atoms with van der Waals surface area (Å²) < 4.78 is 0. The van der Waals surface area contributed by atoms with Crippen molar-refractivity contribution in [2.24, 2.45) is 15.7 Å². The molecule has 2 bridgehead atoms. The lowest BCUT2D eigenvalue weighted by atomic mass is 10.2. The van der Waals surface area contributed by atoms with Crippen LogP contribution in [0.1, 0.15) is 38.1 Å². The molecule has 5 heteroatoms. The average Bonchev–Trinajstić information content (AvgIpc) is 2.54. The van der Waals surface area contributed by atoms with Gasteiger partial charge in [0.25, 0.3) is 0 Å². The van der Waals surface area contributed by atoms with E-state index >= 15 is 0 Å².